The quantitative estimate of drug-likeness (QED) is 0.128. The van der Waals surface area contributed by atoms with Gasteiger partial charge in [0.25, 0.3) is 0 Å². The van der Waals surface area contributed by atoms with E-state index in [1.54, 1.807) is 0 Å². The van der Waals surface area contributed by atoms with Gasteiger partial charge in [-0.2, -0.15) is 6.07 Å². The third-order valence-corrected chi connectivity index (χ3v) is 14.1. The van der Waals surface area contributed by atoms with E-state index in [2.05, 4.69) is 270 Å². The molecule has 0 N–H and O–H groups in total. The van der Waals surface area contributed by atoms with Gasteiger partial charge in [-0.1, -0.05) is 181 Å². The molecule has 0 unspecified atom stereocenters. The third kappa shape index (κ3) is 8.51. The zero-order chi connectivity index (χ0) is 47.5. The zero-order valence-corrected chi connectivity index (χ0v) is 42.9. The summed E-state index contributed by atoms with van der Waals surface area (Å²) in [6, 6.07) is 76.5. The molecule has 70 heavy (non-hydrogen) atoms. The van der Waals surface area contributed by atoms with Gasteiger partial charge in [-0.3, -0.25) is 0 Å². The second-order valence-electron chi connectivity index (χ2n) is 20.3. The molecule has 0 fully saturated rings. The number of para-hydroxylation sites is 3. The van der Waals surface area contributed by atoms with Gasteiger partial charge in [0.1, 0.15) is 5.82 Å². The van der Waals surface area contributed by atoms with Crippen LogP contribution in [0.5, 0.6) is 11.5 Å². The number of pyridine rings is 1. The number of fused-ring (bicyclic) bond motifs is 4. The van der Waals surface area contributed by atoms with Crippen molar-refractivity contribution in [2.45, 2.75) is 64.7 Å². The van der Waals surface area contributed by atoms with E-state index >= 15 is 0 Å². The van der Waals surface area contributed by atoms with Gasteiger partial charge < -0.3 is 19.1 Å². The fourth-order valence-electron chi connectivity index (χ4n) is 9.83. The Hall–Kier alpha value is -7.20. The Morgan fingerprint density at radius 1 is 0.471 bits per heavy atom. The van der Waals surface area contributed by atoms with Crippen LogP contribution in [0.2, 0.25) is 0 Å². The van der Waals surface area contributed by atoms with Gasteiger partial charge in [-0.25, -0.2) is 4.98 Å². The summed E-state index contributed by atoms with van der Waals surface area (Å²) in [6.07, 6.45) is 1.92. The monoisotopic (exact) mass is 1090 g/mol. The molecule has 0 amide bonds. The second-order valence-corrected chi connectivity index (χ2v) is 20.3. The number of hydrogen-bond donors (Lipinski definition) is 0. The molecule has 0 radical (unpaired) electrons. The molecule has 2 aromatic heterocycles. The minimum Gasteiger partial charge on any atom is -0.509 e. The molecule has 350 valence electrons. The molecule has 8 aromatic carbocycles. The molecular weight excluding hydrogens is 1040 g/mol. The van der Waals surface area contributed by atoms with Crippen molar-refractivity contribution < 1.29 is 25.8 Å². The number of rotatable bonds is 10. The van der Waals surface area contributed by atoms with Gasteiger partial charge in [-0.15, -0.1) is 53.6 Å². The molecule has 3 heterocycles. The maximum absolute atomic E-state index is 7.00. The molecule has 1 aliphatic rings. The standard InChI is InChI=1S/C64H55N4O.Pt/c1-62(2,3)49-35-45(44-21-11-8-12-22-44)36-51(37-49)66-43-67(59-30-20-19-29-58(59)66)52-38-50(64(6,7)47-25-15-10-16-26-47)39-54(41-52)69-53-31-32-56-55-27-17-18-28-57(55)68(60(56)42-53)61-40-48(33-34-65-61)63(4,5)46-23-13-9-14-24-46;/h8-40,43H,1-7H3;/q-3;. The first kappa shape index (κ1) is 46.5. The maximum atomic E-state index is 7.00. The summed E-state index contributed by atoms with van der Waals surface area (Å²) >= 11 is 0. The third-order valence-electron chi connectivity index (χ3n) is 14.1. The Labute approximate surface area is 427 Å². The number of anilines is 4. The van der Waals surface area contributed by atoms with Crippen LogP contribution >= 0.6 is 0 Å². The topological polar surface area (TPSA) is 33.5 Å². The summed E-state index contributed by atoms with van der Waals surface area (Å²) in [5.74, 6) is 2.01. The minimum absolute atomic E-state index is 0. The molecule has 10 aromatic rings. The van der Waals surface area contributed by atoms with Gasteiger partial charge >= 0.3 is 0 Å². The van der Waals surface area contributed by atoms with Crippen molar-refractivity contribution in [3.63, 3.8) is 0 Å². The van der Waals surface area contributed by atoms with Gasteiger partial charge in [-0.05, 0) is 92.1 Å². The van der Waals surface area contributed by atoms with E-state index in [-0.39, 0.29) is 37.3 Å². The van der Waals surface area contributed by atoms with Crippen LogP contribution in [-0.4, -0.2) is 9.55 Å². The van der Waals surface area contributed by atoms with Crippen LogP contribution in [0.4, 0.5) is 22.7 Å². The van der Waals surface area contributed by atoms with Crippen molar-refractivity contribution in [1.29, 1.82) is 0 Å². The molecule has 0 aliphatic carbocycles. The molecular formula is C64H55N4OPt-3. The van der Waals surface area contributed by atoms with Crippen molar-refractivity contribution in [1.82, 2.24) is 9.55 Å². The van der Waals surface area contributed by atoms with E-state index in [0.717, 1.165) is 55.9 Å². The van der Waals surface area contributed by atoms with Crippen LogP contribution < -0.4 is 14.5 Å². The van der Waals surface area contributed by atoms with Crippen LogP contribution in [0.3, 0.4) is 0 Å². The van der Waals surface area contributed by atoms with Gasteiger partial charge in [0.15, 0.2) is 0 Å². The van der Waals surface area contributed by atoms with Crippen molar-refractivity contribution in [3.05, 3.63) is 247 Å². The summed E-state index contributed by atoms with van der Waals surface area (Å²) < 4.78 is 9.22. The molecule has 11 rings (SSSR count). The summed E-state index contributed by atoms with van der Waals surface area (Å²) in [7, 11) is 0. The Bertz CT molecular complexity index is 3500. The average Bonchev–Trinajstić information content (AvgIpc) is 3.93. The van der Waals surface area contributed by atoms with Gasteiger partial charge in [0.05, 0.1) is 0 Å². The summed E-state index contributed by atoms with van der Waals surface area (Å²) in [4.78, 5) is 9.55. The summed E-state index contributed by atoms with van der Waals surface area (Å²) in [5, 5.41) is 2.20. The Morgan fingerprint density at radius 2 is 1.09 bits per heavy atom. The summed E-state index contributed by atoms with van der Waals surface area (Å²) in [6.45, 7) is 18.1. The van der Waals surface area contributed by atoms with Crippen molar-refractivity contribution in [2.24, 2.45) is 0 Å². The Morgan fingerprint density at radius 3 is 1.77 bits per heavy atom. The fourth-order valence-corrected chi connectivity index (χ4v) is 9.83. The largest absolute Gasteiger partial charge is 0.509 e. The Kier molecular flexibility index (Phi) is 12.1. The predicted octanol–water partition coefficient (Wildman–Crippen LogP) is 16.6. The van der Waals surface area contributed by atoms with E-state index in [1.807, 2.05) is 12.3 Å². The smallest absolute Gasteiger partial charge is 0.135 e. The van der Waals surface area contributed by atoms with E-state index in [1.165, 1.54) is 33.4 Å². The molecule has 0 saturated carbocycles. The predicted molar refractivity (Wildman–Crippen MR) is 286 cm³/mol. The average molecular weight is 1090 g/mol. The summed E-state index contributed by atoms with van der Waals surface area (Å²) in [5.41, 5.74) is 13.7. The molecule has 0 bridgehead atoms. The van der Waals surface area contributed by atoms with Crippen LogP contribution in [0.15, 0.2) is 200 Å². The normalized spacial score (nSPS) is 12.8. The zero-order valence-electron chi connectivity index (χ0n) is 40.6. The van der Waals surface area contributed by atoms with Crippen LogP contribution in [-0.2, 0) is 37.3 Å². The van der Waals surface area contributed by atoms with Crippen LogP contribution in [0, 0.1) is 18.8 Å². The molecule has 0 spiro atoms. The van der Waals surface area contributed by atoms with E-state index in [9.17, 15) is 0 Å². The van der Waals surface area contributed by atoms with Crippen LogP contribution in [0.1, 0.15) is 76.3 Å². The molecule has 1 aliphatic heterocycles. The SMILES string of the molecule is CC(C)(C)c1cc(-c2ccccc2)cc(N2[CH-]N(c3[c-]c(Oc4[c-]c5c(cc4)c4ccccc4n5-c4cc(C(C)(C)c5ccccc5)ccn4)cc(C(C)(C)c4ccccc4)c3)c3ccccc32)c1.[Pt]. The number of ether oxygens (including phenoxy) is 1. The Balaban J connectivity index is 0.00000567. The maximum Gasteiger partial charge on any atom is 0.135 e. The molecule has 0 atom stereocenters. The molecule has 6 heteroatoms. The molecule has 5 nitrogen and oxygen atoms in total. The van der Waals surface area contributed by atoms with Crippen molar-refractivity contribution in [2.75, 3.05) is 9.80 Å². The number of nitrogens with zero attached hydrogens (tertiary/aromatic N) is 4. The number of aromatic nitrogens is 2. The van der Waals surface area contributed by atoms with E-state index in [0.29, 0.717) is 11.5 Å². The first-order chi connectivity index (χ1) is 33.3. The van der Waals surface area contributed by atoms with E-state index in [4.69, 9.17) is 9.72 Å². The van der Waals surface area contributed by atoms with E-state index < -0.39 is 0 Å². The van der Waals surface area contributed by atoms with Gasteiger partial charge in [0.2, 0.25) is 0 Å². The first-order valence-electron chi connectivity index (χ1n) is 23.9. The number of benzene rings is 8. The van der Waals surface area contributed by atoms with Crippen molar-refractivity contribution >= 4 is 44.6 Å². The van der Waals surface area contributed by atoms with Crippen molar-refractivity contribution in [3.8, 4) is 28.4 Å². The minimum atomic E-state index is -0.377. The molecule has 0 saturated heterocycles. The second kappa shape index (κ2) is 18.3. The van der Waals surface area contributed by atoms with Crippen LogP contribution in [0.25, 0.3) is 38.8 Å². The number of hydrogen-bond acceptors (Lipinski definition) is 4. The fraction of sp³-hybridized carbons (Fsp3) is 0.156. The first-order valence-corrected chi connectivity index (χ1v) is 23.9. The van der Waals surface area contributed by atoms with Gasteiger partial charge in [0, 0.05) is 66.8 Å².